The molecule has 3 heterocycles. The van der Waals surface area contributed by atoms with Gasteiger partial charge in [0, 0.05) is 18.5 Å². The summed E-state index contributed by atoms with van der Waals surface area (Å²) in [5, 5.41) is 0.496. The van der Waals surface area contributed by atoms with Gasteiger partial charge in [0.15, 0.2) is 5.65 Å². The van der Waals surface area contributed by atoms with Crippen LogP contribution in [0.3, 0.4) is 0 Å². The Hall–Kier alpha value is -2.10. The minimum absolute atomic E-state index is 0.348. The molecule has 0 aliphatic heterocycles. The first-order valence-electron chi connectivity index (χ1n) is 4.21. The van der Waals surface area contributed by atoms with Crippen LogP contribution in [0.4, 0.5) is 0 Å². The van der Waals surface area contributed by atoms with Gasteiger partial charge in [0.25, 0.3) is 0 Å². The highest BCUT2D eigenvalue weighted by molar-refractivity contribution is 5.75. The van der Waals surface area contributed by atoms with E-state index in [-0.39, 0.29) is 5.63 Å². The lowest BCUT2D eigenvalue weighted by atomic mass is 10.3. The molecule has 0 fully saturated rings. The lowest BCUT2D eigenvalue weighted by molar-refractivity contribution is 0.548. The number of aromatic nitrogens is 2. The number of hydrogen-bond donors (Lipinski definition) is 0. The van der Waals surface area contributed by atoms with Crippen molar-refractivity contribution in [3.8, 4) is 0 Å². The third kappa shape index (κ3) is 0.821. The molecule has 4 nitrogen and oxygen atoms in total. The molecule has 3 aromatic heterocycles. The topological polar surface area (TPSA) is 47.5 Å². The number of fused-ring (bicyclic) bond motifs is 3. The molecule has 0 aliphatic rings. The molecule has 0 aromatic carbocycles. The van der Waals surface area contributed by atoms with E-state index in [0.717, 1.165) is 0 Å². The third-order valence-corrected chi connectivity index (χ3v) is 2.14. The SMILES string of the molecule is O=c1oc2cccn2c2ncccc12. The van der Waals surface area contributed by atoms with Crippen LogP contribution in [0.2, 0.25) is 0 Å². The van der Waals surface area contributed by atoms with Crippen molar-refractivity contribution in [3.05, 3.63) is 47.1 Å². The minimum atomic E-state index is -0.348. The van der Waals surface area contributed by atoms with Crippen molar-refractivity contribution in [2.24, 2.45) is 0 Å². The van der Waals surface area contributed by atoms with E-state index in [2.05, 4.69) is 4.98 Å². The van der Waals surface area contributed by atoms with Gasteiger partial charge >= 0.3 is 5.63 Å². The average Bonchev–Trinajstić information content (AvgIpc) is 2.66. The zero-order valence-corrected chi connectivity index (χ0v) is 7.18. The predicted molar refractivity (Wildman–Crippen MR) is 51.2 cm³/mol. The third-order valence-electron chi connectivity index (χ3n) is 2.14. The second-order valence-electron chi connectivity index (χ2n) is 2.98. The van der Waals surface area contributed by atoms with Gasteiger partial charge in [-0.3, -0.25) is 4.40 Å². The summed E-state index contributed by atoms with van der Waals surface area (Å²) in [6.45, 7) is 0. The largest absolute Gasteiger partial charge is 0.405 e. The van der Waals surface area contributed by atoms with Gasteiger partial charge in [-0.25, -0.2) is 9.78 Å². The highest BCUT2D eigenvalue weighted by atomic mass is 16.4. The van der Waals surface area contributed by atoms with E-state index in [1.165, 1.54) is 0 Å². The molecule has 4 heteroatoms. The van der Waals surface area contributed by atoms with Gasteiger partial charge in [-0.2, -0.15) is 0 Å². The summed E-state index contributed by atoms with van der Waals surface area (Å²) in [6, 6.07) is 6.96. The lowest BCUT2D eigenvalue weighted by Gasteiger charge is -1.98. The Morgan fingerprint density at radius 2 is 2.21 bits per heavy atom. The van der Waals surface area contributed by atoms with Gasteiger partial charge < -0.3 is 4.42 Å². The van der Waals surface area contributed by atoms with Crippen molar-refractivity contribution < 1.29 is 4.42 Å². The maximum atomic E-state index is 11.5. The second kappa shape index (κ2) is 2.45. The van der Waals surface area contributed by atoms with Crippen LogP contribution >= 0.6 is 0 Å². The molecule has 0 N–H and O–H groups in total. The standard InChI is InChI=1S/C10H6N2O2/c13-10-7-3-1-5-11-9(7)12-6-2-4-8(12)14-10/h1-6H. The van der Waals surface area contributed by atoms with Gasteiger partial charge in [0.2, 0.25) is 5.71 Å². The highest BCUT2D eigenvalue weighted by Gasteiger charge is 2.05. The first kappa shape index (κ1) is 7.32. The molecule has 0 bridgehead atoms. The molecule has 0 saturated carbocycles. The maximum absolute atomic E-state index is 11.5. The van der Waals surface area contributed by atoms with Crippen LogP contribution in [-0.2, 0) is 0 Å². The molecule has 68 valence electrons. The van der Waals surface area contributed by atoms with E-state index in [4.69, 9.17) is 4.42 Å². The normalized spacial score (nSPS) is 11.1. The summed E-state index contributed by atoms with van der Waals surface area (Å²) in [6.07, 6.45) is 3.47. The zero-order chi connectivity index (χ0) is 9.54. The average molecular weight is 186 g/mol. The molecule has 0 amide bonds. The molecule has 0 aliphatic carbocycles. The molecule has 0 atom stereocenters. The molecule has 14 heavy (non-hydrogen) atoms. The monoisotopic (exact) mass is 186 g/mol. The summed E-state index contributed by atoms with van der Waals surface area (Å²) < 4.78 is 6.83. The summed E-state index contributed by atoms with van der Waals surface area (Å²) in [7, 11) is 0. The Morgan fingerprint density at radius 3 is 3.14 bits per heavy atom. The van der Waals surface area contributed by atoms with Gasteiger partial charge in [-0.1, -0.05) is 0 Å². The lowest BCUT2D eigenvalue weighted by Crippen LogP contribution is -2.03. The Morgan fingerprint density at radius 1 is 1.29 bits per heavy atom. The van der Waals surface area contributed by atoms with Crippen molar-refractivity contribution in [3.63, 3.8) is 0 Å². The zero-order valence-electron chi connectivity index (χ0n) is 7.18. The van der Waals surface area contributed by atoms with Crippen LogP contribution in [0.1, 0.15) is 0 Å². The molecule has 0 radical (unpaired) electrons. The molecule has 0 saturated heterocycles. The van der Waals surface area contributed by atoms with E-state index in [1.54, 1.807) is 28.8 Å². The van der Waals surface area contributed by atoms with Crippen LogP contribution < -0.4 is 5.63 Å². The minimum Gasteiger partial charge on any atom is -0.405 e. The first-order valence-corrected chi connectivity index (χ1v) is 4.21. The van der Waals surface area contributed by atoms with E-state index < -0.39 is 0 Å². The van der Waals surface area contributed by atoms with E-state index >= 15 is 0 Å². The van der Waals surface area contributed by atoms with Crippen LogP contribution in [0.25, 0.3) is 16.7 Å². The highest BCUT2D eigenvalue weighted by Crippen LogP contribution is 2.10. The van der Waals surface area contributed by atoms with Crippen molar-refractivity contribution in [2.75, 3.05) is 0 Å². The first-order chi connectivity index (χ1) is 6.86. The van der Waals surface area contributed by atoms with Crippen LogP contribution in [0, 0.1) is 0 Å². The molecule has 3 aromatic rings. The summed E-state index contributed by atoms with van der Waals surface area (Å²) in [5.74, 6) is 0. The van der Waals surface area contributed by atoms with Crippen molar-refractivity contribution >= 4 is 16.7 Å². The van der Waals surface area contributed by atoms with Crippen LogP contribution in [-0.4, -0.2) is 9.38 Å². The Bertz CT molecular complexity index is 666. The molecule has 0 spiro atoms. The van der Waals surface area contributed by atoms with Crippen molar-refractivity contribution in [2.45, 2.75) is 0 Å². The molecular weight excluding hydrogens is 180 g/mol. The maximum Gasteiger partial charge on any atom is 0.348 e. The fourth-order valence-corrected chi connectivity index (χ4v) is 1.52. The van der Waals surface area contributed by atoms with Gasteiger partial charge in [0.1, 0.15) is 5.39 Å². The van der Waals surface area contributed by atoms with Crippen molar-refractivity contribution in [1.82, 2.24) is 9.38 Å². The molecule has 3 rings (SSSR count). The summed E-state index contributed by atoms with van der Waals surface area (Å²) in [4.78, 5) is 15.6. The molecule has 0 unspecified atom stereocenters. The van der Waals surface area contributed by atoms with Crippen molar-refractivity contribution in [1.29, 1.82) is 0 Å². The second-order valence-corrected chi connectivity index (χ2v) is 2.98. The Balaban J connectivity index is 2.74. The number of pyridine rings is 1. The van der Waals surface area contributed by atoms with E-state index in [0.29, 0.717) is 16.7 Å². The Kier molecular flexibility index (Phi) is 1.28. The fourth-order valence-electron chi connectivity index (χ4n) is 1.52. The molecular formula is C10H6N2O2. The van der Waals surface area contributed by atoms with Gasteiger partial charge in [-0.15, -0.1) is 0 Å². The van der Waals surface area contributed by atoms with Crippen LogP contribution in [0.5, 0.6) is 0 Å². The predicted octanol–water partition coefficient (Wildman–Crippen LogP) is 1.44. The number of rotatable bonds is 0. The van der Waals surface area contributed by atoms with Gasteiger partial charge in [-0.05, 0) is 18.2 Å². The fraction of sp³-hybridized carbons (Fsp3) is 0. The smallest absolute Gasteiger partial charge is 0.348 e. The number of hydrogen-bond acceptors (Lipinski definition) is 3. The quantitative estimate of drug-likeness (QED) is 0.533. The van der Waals surface area contributed by atoms with Gasteiger partial charge in [0.05, 0.1) is 0 Å². The summed E-state index contributed by atoms with van der Waals surface area (Å²) in [5.41, 5.74) is 0.796. The van der Waals surface area contributed by atoms with E-state index in [1.807, 2.05) is 12.3 Å². The summed E-state index contributed by atoms with van der Waals surface area (Å²) >= 11 is 0. The van der Waals surface area contributed by atoms with Crippen LogP contribution in [0.15, 0.2) is 45.9 Å². The Labute approximate surface area is 78.4 Å². The van der Waals surface area contributed by atoms with E-state index in [9.17, 15) is 4.79 Å². The number of nitrogens with zero attached hydrogens (tertiary/aromatic N) is 2.